The number of benzene rings is 1. The van der Waals surface area contributed by atoms with Gasteiger partial charge in [-0.15, -0.1) is 0 Å². The molecule has 0 aliphatic heterocycles. The third-order valence-corrected chi connectivity index (χ3v) is 2.93. The van der Waals surface area contributed by atoms with Crippen LogP contribution in [0.1, 0.15) is 27.9 Å². The Morgan fingerprint density at radius 3 is 2.68 bits per heavy atom. The predicted molar refractivity (Wildman–Crippen MR) is 79.6 cm³/mol. The minimum Gasteiger partial charge on any atom is -0.461 e. The molecule has 0 fully saturated rings. The van der Waals surface area contributed by atoms with Crippen molar-refractivity contribution in [2.45, 2.75) is 6.92 Å². The van der Waals surface area contributed by atoms with Gasteiger partial charge in [0, 0.05) is 5.69 Å². The molecule has 22 heavy (non-hydrogen) atoms. The van der Waals surface area contributed by atoms with Crippen LogP contribution in [0.15, 0.2) is 36.4 Å². The van der Waals surface area contributed by atoms with E-state index in [0.29, 0.717) is 5.69 Å². The van der Waals surface area contributed by atoms with Crippen molar-refractivity contribution in [1.82, 2.24) is 4.98 Å². The van der Waals surface area contributed by atoms with Crippen LogP contribution >= 0.6 is 11.6 Å². The smallest absolute Gasteiger partial charge is 0.356 e. The number of esters is 1. The highest BCUT2D eigenvalue weighted by molar-refractivity contribution is 6.31. The number of amides is 1. The summed E-state index contributed by atoms with van der Waals surface area (Å²) in [7, 11) is 0. The number of hydrogen-bond donors (Lipinski definition) is 1. The molecule has 114 valence electrons. The van der Waals surface area contributed by atoms with E-state index in [-0.39, 0.29) is 23.0 Å². The van der Waals surface area contributed by atoms with Gasteiger partial charge in [-0.3, -0.25) is 4.79 Å². The second kappa shape index (κ2) is 7.00. The minimum atomic E-state index is -0.609. The molecule has 0 atom stereocenters. The van der Waals surface area contributed by atoms with E-state index >= 15 is 0 Å². The summed E-state index contributed by atoms with van der Waals surface area (Å²) in [5.74, 6) is -1.74. The summed E-state index contributed by atoms with van der Waals surface area (Å²) in [6, 6.07) is 8.21. The molecule has 0 spiro atoms. The maximum atomic E-state index is 13.1. The van der Waals surface area contributed by atoms with Gasteiger partial charge in [-0.1, -0.05) is 17.7 Å². The van der Waals surface area contributed by atoms with E-state index in [1.54, 1.807) is 6.92 Å². The second-order valence-corrected chi connectivity index (χ2v) is 4.62. The first kappa shape index (κ1) is 15.9. The summed E-state index contributed by atoms with van der Waals surface area (Å²) in [5.41, 5.74) is 0.386. The van der Waals surface area contributed by atoms with Crippen LogP contribution in [-0.2, 0) is 4.74 Å². The fourth-order valence-electron chi connectivity index (χ4n) is 1.65. The molecule has 2 rings (SSSR count). The fraction of sp³-hybridized carbons (Fsp3) is 0.133. The Bertz CT molecular complexity index is 722. The van der Waals surface area contributed by atoms with Gasteiger partial charge in [0.25, 0.3) is 5.91 Å². The van der Waals surface area contributed by atoms with Gasteiger partial charge in [0.15, 0.2) is 0 Å². The number of carbonyl (C=O) groups excluding carboxylic acids is 2. The van der Waals surface area contributed by atoms with E-state index in [9.17, 15) is 14.0 Å². The highest BCUT2D eigenvalue weighted by atomic mass is 35.5. The van der Waals surface area contributed by atoms with Gasteiger partial charge in [-0.25, -0.2) is 14.2 Å². The van der Waals surface area contributed by atoms with Gasteiger partial charge < -0.3 is 10.1 Å². The maximum Gasteiger partial charge on any atom is 0.356 e. The van der Waals surface area contributed by atoms with Crippen molar-refractivity contribution < 1.29 is 18.7 Å². The molecule has 0 saturated heterocycles. The third-order valence-electron chi connectivity index (χ3n) is 2.64. The number of halogens is 2. The van der Waals surface area contributed by atoms with E-state index in [1.807, 2.05) is 0 Å². The average molecular weight is 323 g/mol. The molecule has 7 heteroatoms. The quantitative estimate of drug-likeness (QED) is 0.877. The number of rotatable bonds is 4. The van der Waals surface area contributed by atoms with Crippen molar-refractivity contribution in [1.29, 1.82) is 0 Å². The van der Waals surface area contributed by atoms with Gasteiger partial charge >= 0.3 is 5.97 Å². The summed E-state index contributed by atoms with van der Waals surface area (Å²) in [6.45, 7) is 1.89. The predicted octanol–water partition coefficient (Wildman–Crippen LogP) is 3.30. The topological polar surface area (TPSA) is 68.3 Å². The summed E-state index contributed by atoms with van der Waals surface area (Å²) in [5, 5.41) is 2.41. The monoisotopic (exact) mass is 322 g/mol. The molecule has 1 aromatic heterocycles. The molecule has 1 heterocycles. The minimum absolute atomic E-state index is 0.0333. The Hall–Kier alpha value is -2.47. The molecule has 0 saturated carbocycles. The normalized spacial score (nSPS) is 10.1. The lowest BCUT2D eigenvalue weighted by atomic mass is 10.2. The number of nitrogens with one attached hydrogen (secondary N) is 1. The molecule has 1 amide bonds. The Morgan fingerprint density at radius 2 is 2.00 bits per heavy atom. The largest absolute Gasteiger partial charge is 0.461 e. The van der Waals surface area contributed by atoms with Crippen molar-refractivity contribution in [3.05, 3.63) is 58.6 Å². The van der Waals surface area contributed by atoms with Crippen molar-refractivity contribution in [3.63, 3.8) is 0 Å². The van der Waals surface area contributed by atoms with Crippen LogP contribution in [0, 0.1) is 5.82 Å². The van der Waals surface area contributed by atoms with Crippen molar-refractivity contribution in [2.75, 3.05) is 11.9 Å². The van der Waals surface area contributed by atoms with E-state index in [1.165, 1.54) is 30.3 Å². The molecule has 0 radical (unpaired) electrons. The second-order valence-electron chi connectivity index (χ2n) is 4.21. The van der Waals surface area contributed by atoms with Gasteiger partial charge in [-0.2, -0.15) is 0 Å². The molecule has 5 nitrogen and oxygen atoms in total. The van der Waals surface area contributed by atoms with E-state index in [4.69, 9.17) is 16.3 Å². The summed E-state index contributed by atoms with van der Waals surface area (Å²) in [6.07, 6.45) is 0. The highest BCUT2D eigenvalue weighted by Crippen LogP contribution is 2.19. The van der Waals surface area contributed by atoms with Crippen LogP contribution in [0.4, 0.5) is 10.1 Å². The molecule has 0 unspecified atom stereocenters. The van der Waals surface area contributed by atoms with Crippen molar-refractivity contribution in [2.24, 2.45) is 0 Å². The lowest BCUT2D eigenvalue weighted by Crippen LogP contribution is -2.16. The molecule has 0 bridgehead atoms. The number of nitrogens with zero attached hydrogens (tertiary/aromatic N) is 1. The van der Waals surface area contributed by atoms with Crippen LogP contribution in [0.5, 0.6) is 0 Å². The van der Waals surface area contributed by atoms with Crippen LogP contribution in [0.25, 0.3) is 0 Å². The molecule has 1 aromatic carbocycles. The van der Waals surface area contributed by atoms with Gasteiger partial charge in [0.05, 0.1) is 11.6 Å². The first-order chi connectivity index (χ1) is 10.5. The lowest BCUT2D eigenvalue weighted by molar-refractivity contribution is 0.0519. The van der Waals surface area contributed by atoms with Gasteiger partial charge in [0.2, 0.25) is 0 Å². The highest BCUT2D eigenvalue weighted by Gasteiger charge is 2.13. The number of anilines is 1. The van der Waals surface area contributed by atoms with Gasteiger partial charge in [-0.05, 0) is 37.3 Å². The number of carbonyl (C=O) groups is 2. The Kier molecular flexibility index (Phi) is 5.06. The van der Waals surface area contributed by atoms with E-state index in [0.717, 1.165) is 6.07 Å². The molecule has 2 aromatic rings. The Morgan fingerprint density at radius 1 is 1.27 bits per heavy atom. The number of ether oxygens (including phenoxy) is 1. The van der Waals surface area contributed by atoms with Crippen LogP contribution < -0.4 is 5.32 Å². The Labute approximate surface area is 131 Å². The standard InChI is InChI=1S/C15H12ClFN2O3/c1-2-22-15(21)13-5-3-4-12(19-13)14(20)18-9-6-7-11(17)10(16)8-9/h3-8H,2H2,1H3,(H,18,20). The molecular formula is C15H12ClFN2O3. The number of hydrogen-bond acceptors (Lipinski definition) is 4. The zero-order valence-corrected chi connectivity index (χ0v) is 12.4. The number of aromatic nitrogens is 1. The molecule has 1 N–H and O–H groups in total. The fourth-order valence-corrected chi connectivity index (χ4v) is 1.83. The average Bonchev–Trinajstić information content (AvgIpc) is 2.51. The van der Waals surface area contributed by atoms with Crippen LogP contribution in [0.3, 0.4) is 0 Å². The summed E-state index contributed by atoms with van der Waals surface area (Å²) >= 11 is 5.64. The molecule has 0 aliphatic rings. The zero-order valence-electron chi connectivity index (χ0n) is 11.6. The van der Waals surface area contributed by atoms with Crippen molar-refractivity contribution >= 4 is 29.2 Å². The van der Waals surface area contributed by atoms with Crippen molar-refractivity contribution in [3.8, 4) is 0 Å². The van der Waals surface area contributed by atoms with Crippen LogP contribution in [-0.4, -0.2) is 23.5 Å². The van der Waals surface area contributed by atoms with E-state index in [2.05, 4.69) is 10.3 Å². The Balaban J connectivity index is 2.17. The summed E-state index contributed by atoms with van der Waals surface area (Å²) < 4.78 is 17.9. The summed E-state index contributed by atoms with van der Waals surface area (Å²) in [4.78, 5) is 27.6. The lowest BCUT2D eigenvalue weighted by Gasteiger charge is -2.07. The maximum absolute atomic E-state index is 13.1. The first-order valence-electron chi connectivity index (χ1n) is 6.42. The zero-order chi connectivity index (χ0) is 16.1. The van der Waals surface area contributed by atoms with E-state index < -0.39 is 17.7 Å². The number of pyridine rings is 1. The molecule has 0 aliphatic carbocycles. The molecular weight excluding hydrogens is 311 g/mol. The SMILES string of the molecule is CCOC(=O)c1cccc(C(=O)Nc2ccc(F)c(Cl)c2)n1. The van der Waals surface area contributed by atoms with Gasteiger partial charge in [0.1, 0.15) is 17.2 Å². The van der Waals surface area contributed by atoms with Crippen LogP contribution in [0.2, 0.25) is 5.02 Å². The third kappa shape index (κ3) is 3.79. The first-order valence-corrected chi connectivity index (χ1v) is 6.79.